The molecule has 3 N–H and O–H groups in total. The molecule has 2 aromatic rings. The summed E-state index contributed by atoms with van der Waals surface area (Å²) in [6.07, 6.45) is 1.51. The van der Waals surface area contributed by atoms with Crippen molar-refractivity contribution in [3.63, 3.8) is 0 Å². The number of rotatable bonds is 6. The molecule has 2 aliphatic carbocycles. The zero-order valence-corrected chi connectivity index (χ0v) is 19.1. The van der Waals surface area contributed by atoms with Gasteiger partial charge in [-0.3, -0.25) is 15.0 Å². The minimum Gasteiger partial charge on any atom is -0.480 e. The molecule has 1 aliphatic heterocycles. The second-order valence-electron chi connectivity index (χ2n) is 9.33. The summed E-state index contributed by atoms with van der Waals surface area (Å²) in [5, 5.41) is 13.1. The van der Waals surface area contributed by atoms with E-state index in [2.05, 4.69) is 35.0 Å². The number of aliphatic carboxylic acids is 1. The summed E-state index contributed by atoms with van der Waals surface area (Å²) >= 11 is 0. The highest BCUT2D eigenvalue weighted by Crippen LogP contribution is 2.44. The number of ether oxygens (including phenoxy) is 1. The number of carbonyl (C=O) groups excluding carboxylic acids is 3. The molecular weight excluding hydrogens is 450 g/mol. The minimum atomic E-state index is -1.23. The first-order valence-corrected chi connectivity index (χ1v) is 11.9. The number of benzene rings is 2. The van der Waals surface area contributed by atoms with Gasteiger partial charge in [0, 0.05) is 18.4 Å². The van der Waals surface area contributed by atoms with Gasteiger partial charge in [0.05, 0.1) is 6.42 Å². The third-order valence-electron chi connectivity index (χ3n) is 7.23. The fraction of sp³-hybridized carbons (Fsp3) is 0.385. The summed E-state index contributed by atoms with van der Waals surface area (Å²) < 4.78 is 5.64. The molecule has 35 heavy (non-hydrogen) atoms. The van der Waals surface area contributed by atoms with Gasteiger partial charge >= 0.3 is 12.1 Å². The normalized spacial score (nSPS) is 22.9. The number of carboxylic acids is 1. The fourth-order valence-corrected chi connectivity index (χ4v) is 5.54. The molecule has 2 aromatic carbocycles. The first kappa shape index (κ1) is 22.9. The van der Waals surface area contributed by atoms with Crippen LogP contribution in [-0.4, -0.2) is 52.7 Å². The van der Waals surface area contributed by atoms with E-state index < -0.39 is 29.9 Å². The summed E-state index contributed by atoms with van der Waals surface area (Å²) in [5.74, 6) is -2.38. The predicted octanol–water partition coefficient (Wildman–Crippen LogP) is 2.80. The minimum absolute atomic E-state index is 0.0401. The Labute approximate surface area is 202 Å². The monoisotopic (exact) mass is 477 g/mol. The van der Waals surface area contributed by atoms with Crippen molar-refractivity contribution in [3.8, 4) is 11.1 Å². The molecular formula is C26H27N3O6. The Morgan fingerprint density at radius 2 is 1.69 bits per heavy atom. The lowest BCUT2D eigenvalue weighted by molar-refractivity contribution is -0.151. The number of amides is 3. The molecule has 0 radical (unpaired) electrons. The van der Waals surface area contributed by atoms with Gasteiger partial charge < -0.3 is 15.2 Å². The van der Waals surface area contributed by atoms with Crippen molar-refractivity contribution in [2.75, 3.05) is 6.61 Å². The van der Waals surface area contributed by atoms with E-state index in [1.807, 2.05) is 24.3 Å². The van der Waals surface area contributed by atoms with E-state index in [-0.39, 0.29) is 37.3 Å². The largest absolute Gasteiger partial charge is 0.480 e. The lowest BCUT2D eigenvalue weighted by atomic mass is 9.98. The van der Waals surface area contributed by atoms with Gasteiger partial charge in [-0.05, 0) is 41.0 Å². The maximum absolute atomic E-state index is 12.7. The van der Waals surface area contributed by atoms with Crippen molar-refractivity contribution in [2.45, 2.75) is 50.1 Å². The molecule has 1 saturated heterocycles. The number of hydrogen-bond acceptors (Lipinski definition) is 5. The zero-order valence-electron chi connectivity index (χ0n) is 19.1. The van der Waals surface area contributed by atoms with Crippen molar-refractivity contribution in [3.05, 3.63) is 59.7 Å². The Balaban J connectivity index is 1.19. The maximum atomic E-state index is 12.7. The number of alkyl carbamates (subject to hydrolysis) is 1. The van der Waals surface area contributed by atoms with E-state index in [0.29, 0.717) is 6.42 Å². The molecule has 3 atom stereocenters. The zero-order chi connectivity index (χ0) is 24.5. The van der Waals surface area contributed by atoms with Crippen LogP contribution < -0.4 is 10.7 Å². The molecule has 0 aromatic heterocycles. The van der Waals surface area contributed by atoms with Crippen molar-refractivity contribution >= 4 is 23.9 Å². The fourth-order valence-electron chi connectivity index (χ4n) is 5.54. The summed E-state index contributed by atoms with van der Waals surface area (Å²) in [7, 11) is 0. The van der Waals surface area contributed by atoms with Gasteiger partial charge in [0.2, 0.25) is 11.8 Å². The second kappa shape index (κ2) is 9.40. The van der Waals surface area contributed by atoms with Crippen LogP contribution in [-0.2, 0) is 19.1 Å². The van der Waals surface area contributed by atoms with Crippen LogP contribution in [0.5, 0.6) is 0 Å². The Kier molecular flexibility index (Phi) is 6.15. The van der Waals surface area contributed by atoms with E-state index in [1.54, 1.807) is 0 Å². The van der Waals surface area contributed by atoms with Crippen LogP contribution in [0.4, 0.5) is 4.79 Å². The van der Waals surface area contributed by atoms with E-state index >= 15 is 0 Å². The van der Waals surface area contributed by atoms with Gasteiger partial charge in [0.25, 0.3) is 0 Å². The van der Waals surface area contributed by atoms with E-state index in [4.69, 9.17) is 4.74 Å². The first-order valence-electron chi connectivity index (χ1n) is 11.9. The van der Waals surface area contributed by atoms with Gasteiger partial charge in [-0.25, -0.2) is 14.6 Å². The molecule has 2 fully saturated rings. The van der Waals surface area contributed by atoms with Gasteiger partial charge in [-0.2, -0.15) is 0 Å². The second-order valence-corrected chi connectivity index (χ2v) is 9.33. The highest BCUT2D eigenvalue weighted by atomic mass is 16.5. The molecule has 9 nitrogen and oxygen atoms in total. The average Bonchev–Trinajstić information content (AvgIpc) is 3.54. The number of carbonyl (C=O) groups is 4. The van der Waals surface area contributed by atoms with Gasteiger partial charge in [-0.1, -0.05) is 55.0 Å². The van der Waals surface area contributed by atoms with Crippen LogP contribution in [0.25, 0.3) is 11.1 Å². The van der Waals surface area contributed by atoms with Crippen LogP contribution in [0.1, 0.15) is 49.1 Å². The quantitative estimate of drug-likeness (QED) is 0.588. The maximum Gasteiger partial charge on any atom is 0.407 e. The van der Waals surface area contributed by atoms with Crippen LogP contribution in [0.2, 0.25) is 0 Å². The van der Waals surface area contributed by atoms with Crippen LogP contribution in [0.15, 0.2) is 48.5 Å². The van der Waals surface area contributed by atoms with Crippen molar-refractivity contribution < 1.29 is 29.0 Å². The predicted molar refractivity (Wildman–Crippen MR) is 125 cm³/mol. The molecule has 3 amide bonds. The van der Waals surface area contributed by atoms with Crippen molar-refractivity contribution in [2.24, 2.45) is 5.92 Å². The lowest BCUT2D eigenvalue weighted by Gasteiger charge is -2.25. The molecule has 182 valence electrons. The van der Waals surface area contributed by atoms with Gasteiger partial charge in [-0.15, -0.1) is 0 Å². The van der Waals surface area contributed by atoms with Crippen LogP contribution in [0, 0.1) is 5.92 Å². The topological polar surface area (TPSA) is 125 Å². The lowest BCUT2D eigenvalue weighted by Crippen LogP contribution is -2.48. The van der Waals surface area contributed by atoms with Gasteiger partial charge in [0.1, 0.15) is 6.61 Å². The number of fused-ring (bicyclic) bond motifs is 3. The molecule has 0 spiro atoms. The third kappa shape index (κ3) is 4.45. The van der Waals surface area contributed by atoms with E-state index in [9.17, 15) is 24.3 Å². The molecule has 1 unspecified atom stereocenters. The third-order valence-corrected chi connectivity index (χ3v) is 7.23. The van der Waals surface area contributed by atoms with Crippen molar-refractivity contribution in [1.29, 1.82) is 0 Å². The SMILES string of the molecule is O=C1CC(C(=O)O)N(C(=O)C[C@@H]2CCC[C@H]2NC(=O)OCC2c3ccccc3-c3ccccc32)N1. The Morgan fingerprint density at radius 3 is 2.34 bits per heavy atom. The summed E-state index contributed by atoms with van der Waals surface area (Å²) in [6.45, 7) is 0.205. The number of hydrazine groups is 1. The summed E-state index contributed by atoms with van der Waals surface area (Å²) in [4.78, 5) is 48.4. The van der Waals surface area contributed by atoms with Crippen LogP contribution in [0.3, 0.4) is 0 Å². The highest BCUT2D eigenvalue weighted by molar-refractivity contribution is 5.93. The number of hydrogen-bond donors (Lipinski definition) is 3. The summed E-state index contributed by atoms with van der Waals surface area (Å²) in [5.41, 5.74) is 6.90. The molecule has 3 aliphatic rings. The molecule has 0 bridgehead atoms. The van der Waals surface area contributed by atoms with Crippen molar-refractivity contribution in [1.82, 2.24) is 15.8 Å². The molecule has 5 rings (SSSR count). The molecule has 9 heteroatoms. The highest BCUT2D eigenvalue weighted by Gasteiger charge is 2.41. The average molecular weight is 478 g/mol. The number of carboxylic acid groups (broad SMARTS) is 1. The smallest absolute Gasteiger partial charge is 0.407 e. The molecule has 1 heterocycles. The Bertz CT molecular complexity index is 1140. The van der Waals surface area contributed by atoms with E-state index in [1.165, 1.54) is 0 Å². The first-order chi connectivity index (χ1) is 16.9. The standard InChI is InChI=1S/C26H27N3O6/c30-23-13-22(25(32)33)29(28-23)24(31)12-15-6-5-11-21(15)27-26(34)35-14-20-18-9-3-1-7-16(18)17-8-2-4-10-19(17)20/h1-4,7-10,15,20-22H,5-6,11-14H2,(H,27,34)(H,28,30)(H,32,33)/t15-,21+,22?/m0/s1. The number of nitrogens with one attached hydrogen (secondary N) is 2. The Morgan fingerprint density at radius 1 is 1.03 bits per heavy atom. The number of nitrogens with zero attached hydrogens (tertiary/aromatic N) is 1. The molecule has 1 saturated carbocycles. The van der Waals surface area contributed by atoms with Crippen LogP contribution >= 0.6 is 0 Å². The van der Waals surface area contributed by atoms with Gasteiger partial charge in [0.15, 0.2) is 6.04 Å². The summed E-state index contributed by atoms with van der Waals surface area (Å²) in [6, 6.07) is 14.8. The Hall–Kier alpha value is -3.88. The van der Waals surface area contributed by atoms with E-state index in [0.717, 1.165) is 40.1 Å².